The van der Waals surface area contributed by atoms with Crippen LogP contribution in [0.2, 0.25) is 0 Å². The minimum Gasteiger partial charge on any atom is -0.249 e. The molecular weight excluding hydrogens is 186 g/mol. The van der Waals surface area contributed by atoms with E-state index in [1.54, 1.807) is 0 Å². The summed E-state index contributed by atoms with van der Waals surface area (Å²) in [5.41, 5.74) is 2.56. The van der Waals surface area contributed by atoms with E-state index in [1.165, 1.54) is 37.1 Å². The fourth-order valence-corrected chi connectivity index (χ4v) is 1.78. The third kappa shape index (κ3) is 3.33. The lowest BCUT2D eigenvalue weighted by Gasteiger charge is -2.04. The number of aromatic nitrogens is 3. The van der Waals surface area contributed by atoms with Crippen LogP contribution in [0, 0.1) is 0 Å². The summed E-state index contributed by atoms with van der Waals surface area (Å²) in [6.45, 7) is 7.64. The number of unbranched alkanes of at least 4 members (excludes halogenated alkanes) is 2. The minimum absolute atomic E-state index is 1.03. The van der Waals surface area contributed by atoms with Crippen LogP contribution in [0.5, 0.6) is 0 Å². The molecule has 0 bridgehead atoms. The maximum Gasteiger partial charge on any atom is 0.0859 e. The Hall–Kier alpha value is -0.860. The van der Waals surface area contributed by atoms with Gasteiger partial charge in [0.25, 0.3) is 0 Å². The Morgan fingerprint density at radius 2 is 1.80 bits per heavy atom. The Kier molecular flexibility index (Phi) is 5.37. The summed E-state index contributed by atoms with van der Waals surface area (Å²) < 4.78 is 2.09. The molecule has 1 rings (SSSR count). The maximum absolute atomic E-state index is 4.29. The molecule has 0 amide bonds. The van der Waals surface area contributed by atoms with E-state index in [4.69, 9.17) is 0 Å². The molecule has 0 saturated carbocycles. The standard InChI is InChI=1S/C12H23N3/c1-4-7-9-11-12(6-3)15(14-13-11)10-8-5-2/h4-10H2,1-3H3. The quantitative estimate of drug-likeness (QED) is 0.691. The smallest absolute Gasteiger partial charge is 0.0859 e. The molecule has 0 unspecified atom stereocenters. The van der Waals surface area contributed by atoms with Gasteiger partial charge in [0.05, 0.1) is 11.4 Å². The fraction of sp³-hybridized carbons (Fsp3) is 0.833. The zero-order valence-corrected chi connectivity index (χ0v) is 10.3. The Bertz CT molecular complexity index is 253. The van der Waals surface area contributed by atoms with Crippen LogP contribution in [0.3, 0.4) is 0 Å². The fourth-order valence-electron chi connectivity index (χ4n) is 1.78. The summed E-state index contributed by atoms with van der Waals surface area (Å²) >= 11 is 0. The lowest BCUT2D eigenvalue weighted by atomic mass is 10.1. The second-order valence-electron chi connectivity index (χ2n) is 4.02. The van der Waals surface area contributed by atoms with E-state index in [2.05, 4.69) is 35.8 Å². The number of nitrogens with zero attached hydrogens (tertiary/aromatic N) is 3. The Morgan fingerprint density at radius 1 is 1.07 bits per heavy atom. The van der Waals surface area contributed by atoms with E-state index in [0.717, 1.165) is 19.4 Å². The molecule has 0 aromatic carbocycles. The SMILES string of the molecule is CCCCc1nnn(CCCC)c1CC. The van der Waals surface area contributed by atoms with Gasteiger partial charge in [0.2, 0.25) is 0 Å². The molecular formula is C12H23N3. The van der Waals surface area contributed by atoms with E-state index in [1.807, 2.05) is 0 Å². The van der Waals surface area contributed by atoms with Crippen molar-refractivity contribution >= 4 is 0 Å². The van der Waals surface area contributed by atoms with E-state index in [9.17, 15) is 0 Å². The van der Waals surface area contributed by atoms with Crippen LogP contribution < -0.4 is 0 Å². The molecule has 1 aromatic rings. The minimum atomic E-state index is 1.03. The molecule has 0 atom stereocenters. The van der Waals surface area contributed by atoms with Crippen LogP contribution in [0.4, 0.5) is 0 Å². The molecule has 3 nitrogen and oxygen atoms in total. The number of hydrogen-bond acceptors (Lipinski definition) is 2. The average Bonchev–Trinajstić information content (AvgIpc) is 2.65. The third-order valence-corrected chi connectivity index (χ3v) is 2.74. The molecule has 3 heteroatoms. The van der Waals surface area contributed by atoms with Gasteiger partial charge < -0.3 is 0 Å². The normalized spacial score (nSPS) is 10.9. The molecule has 0 spiro atoms. The van der Waals surface area contributed by atoms with Gasteiger partial charge in [-0.1, -0.05) is 38.8 Å². The van der Waals surface area contributed by atoms with Crippen LogP contribution in [0.25, 0.3) is 0 Å². The van der Waals surface area contributed by atoms with E-state index < -0.39 is 0 Å². The number of aryl methyl sites for hydroxylation is 2. The topological polar surface area (TPSA) is 30.7 Å². The molecule has 0 aliphatic rings. The first-order valence-electron chi connectivity index (χ1n) is 6.24. The van der Waals surface area contributed by atoms with Crippen LogP contribution in [-0.2, 0) is 19.4 Å². The highest BCUT2D eigenvalue weighted by molar-refractivity contribution is 5.10. The van der Waals surface area contributed by atoms with Crippen molar-refractivity contribution in [3.8, 4) is 0 Å². The van der Waals surface area contributed by atoms with Gasteiger partial charge in [-0.3, -0.25) is 0 Å². The number of hydrogen-bond donors (Lipinski definition) is 0. The molecule has 0 fully saturated rings. The van der Waals surface area contributed by atoms with Crippen molar-refractivity contribution in [3.63, 3.8) is 0 Å². The highest BCUT2D eigenvalue weighted by Crippen LogP contribution is 2.10. The van der Waals surface area contributed by atoms with Crippen LogP contribution in [0.1, 0.15) is 57.8 Å². The molecule has 0 radical (unpaired) electrons. The monoisotopic (exact) mass is 209 g/mol. The maximum atomic E-state index is 4.29. The van der Waals surface area contributed by atoms with Crippen molar-refractivity contribution in [2.24, 2.45) is 0 Å². The summed E-state index contributed by atoms with van der Waals surface area (Å²) in [7, 11) is 0. The van der Waals surface area contributed by atoms with Gasteiger partial charge in [-0.05, 0) is 25.7 Å². The first-order valence-corrected chi connectivity index (χ1v) is 6.24. The molecule has 15 heavy (non-hydrogen) atoms. The summed E-state index contributed by atoms with van der Waals surface area (Å²) in [4.78, 5) is 0. The van der Waals surface area contributed by atoms with Crippen LogP contribution >= 0.6 is 0 Å². The van der Waals surface area contributed by atoms with E-state index >= 15 is 0 Å². The molecule has 1 aromatic heterocycles. The summed E-state index contributed by atoms with van der Waals surface area (Å²) in [6, 6.07) is 0. The first kappa shape index (κ1) is 12.2. The van der Waals surface area contributed by atoms with Gasteiger partial charge >= 0.3 is 0 Å². The summed E-state index contributed by atoms with van der Waals surface area (Å²) in [5, 5.41) is 8.53. The second-order valence-corrected chi connectivity index (χ2v) is 4.02. The average molecular weight is 209 g/mol. The van der Waals surface area contributed by atoms with Crippen LogP contribution in [0.15, 0.2) is 0 Å². The summed E-state index contributed by atoms with van der Waals surface area (Å²) in [5.74, 6) is 0. The third-order valence-electron chi connectivity index (χ3n) is 2.74. The van der Waals surface area contributed by atoms with Crippen molar-refractivity contribution in [2.75, 3.05) is 0 Å². The second kappa shape index (κ2) is 6.59. The molecule has 1 heterocycles. The summed E-state index contributed by atoms with van der Waals surface area (Å²) in [6.07, 6.45) is 7.00. The lowest BCUT2D eigenvalue weighted by Crippen LogP contribution is -2.05. The van der Waals surface area contributed by atoms with Gasteiger partial charge in [0, 0.05) is 6.54 Å². The highest BCUT2D eigenvalue weighted by Gasteiger charge is 2.09. The lowest BCUT2D eigenvalue weighted by molar-refractivity contribution is 0.535. The van der Waals surface area contributed by atoms with E-state index in [-0.39, 0.29) is 0 Å². The van der Waals surface area contributed by atoms with Crippen molar-refractivity contribution in [1.29, 1.82) is 0 Å². The van der Waals surface area contributed by atoms with Gasteiger partial charge in [-0.2, -0.15) is 0 Å². The molecule has 86 valence electrons. The molecule has 0 saturated heterocycles. The van der Waals surface area contributed by atoms with Crippen molar-refractivity contribution in [2.45, 2.75) is 65.8 Å². The van der Waals surface area contributed by atoms with E-state index in [0.29, 0.717) is 0 Å². The molecule has 0 aliphatic carbocycles. The van der Waals surface area contributed by atoms with Gasteiger partial charge in [-0.15, -0.1) is 5.10 Å². The van der Waals surface area contributed by atoms with Gasteiger partial charge in [0.15, 0.2) is 0 Å². The van der Waals surface area contributed by atoms with Crippen molar-refractivity contribution < 1.29 is 0 Å². The van der Waals surface area contributed by atoms with Crippen molar-refractivity contribution in [1.82, 2.24) is 15.0 Å². The van der Waals surface area contributed by atoms with Crippen LogP contribution in [-0.4, -0.2) is 15.0 Å². The zero-order chi connectivity index (χ0) is 11.1. The van der Waals surface area contributed by atoms with Gasteiger partial charge in [-0.25, -0.2) is 4.68 Å². The zero-order valence-electron chi connectivity index (χ0n) is 10.3. The molecule has 0 aliphatic heterocycles. The first-order chi connectivity index (χ1) is 7.33. The Labute approximate surface area is 92.9 Å². The molecule has 0 N–H and O–H groups in total. The number of rotatable bonds is 7. The van der Waals surface area contributed by atoms with Gasteiger partial charge in [0.1, 0.15) is 0 Å². The highest BCUT2D eigenvalue weighted by atomic mass is 15.4. The van der Waals surface area contributed by atoms with Crippen molar-refractivity contribution in [3.05, 3.63) is 11.4 Å². The predicted molar refractivity (Wildman–Crippen MR) is 62.9 cm³/mol. The Balaban J connectivity index is 2.66. The predicted octanol–water partition coefficient (Wildman–Crippen LogP) is 2.98. The Morgan fingerprint density at radius 3 is 2.40 bits per heavy atom. The largest absolute Gasteiger partial charge is 0.249 e.